The average Bonchev–Trinajstić information content (AvgIpc) is 2.37. The molecule has 4 heteroatoms. The fourth-order valence-electron chi connectivity index (χ4n) is 1.67. The fraction of sp³-hybridized carbons (Fsp3) is 0.214. The number of aromatic nitrogens is 1. The van der Waals surface area contributed by atoms with Crippen LogP contribution < -0.4 is 4.74 Å². The Morgan fingerprint density at radius 3 is 2.83 bits per heavy atom. The predicted molar refractivity (Wildman–Crippen MR) is 73.4 cm³/mol. The zero-order chi connectivity index (χ0) is 13.0. The van der Waals surface area contributed by atoms with Crippen molar-refractivity contribution in [1.82, 2.24) is 4.98 Å². The SMILES string of the molecule is Cc1ccc(OCc2cncc(Br)c2)c(CO)c1. The summed E-state index contributed by atoms with van der Waals surface area (Å²) in [5.41, 5.74) is 2.89. The number of aliphatic hydroxyl groups excluding tert-OH is 1. The maximum absolute atomic E-state index is 9.28. The third-order valence-electron chi connectivity index (χ3n) is 2.54. The normalized spacial score (nSPS) is 10.4. The molecule has 0 aliphatic heterocycles. The van der Waals surface area contributed by atoms with Gasteiger partial charge in [0.15, 0.2) is 0 Å². The summed E-state index contributed by atoms with van der Waals surface area (Å²) in [6.07, 6.45) is 3.49. The summed E-state index contributed by atoms with van der Waals surface area (Å²) >= 11 is 3.37. The van der Waals surface area contributed by atoms with E-state index in [1.165, 1.54) is 0 Å². The van der Waals surface area contributed by atoms with Gasteiger partial charge in [0.05, 0.1) is 6.61 Å². The fourth-order valence-corrected chi connectivity index (χ4v) is 2.08. The number of rotatable bonds is 4. The second kappa shape index (κ2) is 5.98. The maximum Gasteiger partial charge on any atom is 0.125 e. The monoisotopic (exact) mass is 307 g/mol. The lowest BCUT2D eigenvalue weighted by atomic mass is 10.1. The highest BCUT2D eigenvalue weighted by molar-refractivity contribution is 9.10. The molecule has 94 valence electrons. The lowest BCUT2D eigenvalue weighted by molar-refractivity contribution is 0.258. The predicted octanol–water partition coefficient (Wildman–Crippen LogP) is 3.22. The minimum absolute atomic E-state index is 0.0201. The molecule has 3 nitrogen and oxygen atoms in total. The van der Waals surface area contributed by atoms with Crippen molar-refractivity contribution < 1.29 is 9.84 Å². The van der Waals surface area contributed by atoms with Crippen LogP contribution in [0.4, 0.5) is 0 Å². The van der Waals surface area contributed by atoms with E-state index < -0.39 is 0 Å². The van der Waals surface area contributed by atoms with Crippen molar-refractivity contribution in [1.29, 1.82) is 0 Å². The second-order valence-corrected chi connectivity index (χ2v) is 4.99. The largest absolute Gasteiger partial charge is 0.488 e. The Balaban J connectivity index is 2.10. The number of aryl methyl sites for hydroxylation is 1. The lowest BCUT2D eigenvalue weighted by Gasteiger charge is -2.10. The number of halogens is 1. The maximum atomic E-state index is 9.28. The molecule has 0 atom stereocenters. The van der Waals surface area contributed by atoms with Crippen molar-refractivity contribution in [2.75, 3.05) is 0 Å². The van der Waals surface area contributed by atoms with Crippen LogP contribution in [0.15, 0.2) is 41.1 Å². The summed E-state index contributed by atoms with van der Waals surface area (Å²) in [6, 6.07) is 7.73. The van der Waals surface area contributed by atoms with E-state index in [9.17, 15) is 5.11 Å². The van der Waals surface area contributed by atoms with Crippen LogP contribution in [0.1, 0.15) is 16.7 Å². The molecule has 1 heterocycles. The molecular formula is C14H14BrNO2. The van der Waals surface area contributed by atoms with Crippen LogP contribution in [0.3, 0.4) is 0 Å². The highest BCUT2D eigenvalue weighted by atomic mass is 79.9. The van der Waals surface area contributed by atoms with Crippen molar-refractivity contribution in [3.05, 3.63) is 57.8 Å². The van der Waals surface area contributed by atoms with Gasteiger partial charge in [-0.05, 0) is 35.0 Å². The summed E-state index contributed by atoms with van der Waals surface area (Å²) in [5.74, 6) is 0.711. The number of benzene rings is 1. The van der Waals surface area contributed by atoms with Crippen LogP contribution in [-0.4, -0.2) is 10.1 Å². The van der Waals surface area contributed by atoms with Crippen molar-refractivity contribution in [2.24, 2.45) is 0 Å². The standard InChI is InChI=1S/C14H14BrNO2/c1-10-2-3-14(12(4-10)8-17)18-9-11-5-13(15)7-16-6-11/h2-7,17H,8-9H2,1H3. The van der Waals surface area contributed by atoms with Gasteiger partial charge in [0, 0.05) is 28.0 Å². The Hall–Kier alpha value is -1.39. The molecule has 0 fully saturated rings. The zero-order valence-corrected chi connectivity index (χ0v) is 11.6. The quantitative estimate of drug-likeness (QED) is 0.943. The molecule has 0 amide bonds. The Morgan fingerprint density at radius 2 is 2.11 bits per heavy atom. The number of aliphatic hydroxyl groups is 1. The summed E-state index contributed by atoms with van der Waals surface area (Å²) in [7, 11) is 0. The number of nitrogens with zero attached hydrogens (tertiary/aromatic N) is 1. The van der Waals surface area contributed by atoms with Crippen LogP contribution in [0, 0.1) is 6.92 Å². The topological polar surface area (TPSA) is 42.4 Å². The molecule has 0 aliphatic rings. The molecule has 0 saturated carbocycles. The summed E-state index contributed by atoms with van der Waals surface area (Å²) < 4.78 is 6.63. The van der Waals surface area contributed by atoms with Crippen LogP contribution in [0.5, 0.6) is 5.75 Å². The van der Waals surface area contributed by atoms with Crippen molar-refractivity contribution in [2.45, 2.75) is 20.1 Å². The Bertz CT molecular complexity index is 543. The van der Waals surface area contributed by atoms with Gasteiger partial charge in [0.2, 0.25) is 0 Å². The highest BCUT2D eigenvalue weighted by Gasteiger charge is 2.04. The Labute approximate surface area is 115 Å². The second-order valence-electron chi connectivity index (χ2n) is 4.07. The zero-order valence-electron chi connectivity index (χ0n) is 10.1. The van der Waals surface area contributed by atoms with E-state index in [1.807, 2.05) is 31.2 Å². The molecule has 0 spiro atoms. The molecule has 0 aliphatic carbocycles. The Kier molecular flexibility index (Phi) is 4.33. The first-order valence-corrected chi connectivity index (χ1v) is 6.41. The van der Waals surface area contributed by atoms with Gasteiger partial charge in [-0.3, -0.25) is 4.98 Å². The molecule has 0 unspecified atom stereocenters. The van der Waals surface area contributed by atoms with Gasteiger partial charge in [0.25, 0.3) is 0 Å². The van der Waals surface area contributed by atoms with Crippen LogP contribution in [-0.2, 0) is 13.2 Å². The molecule has 0 saturated heterocycles. The van der Waals surface area contributed by atoms with Gasteiger partial charge >= 0.3 is 0 Å². The van der Waals surface area contributed by atoms with E-state index in [-0.39, 0.29) is 6.61 Å². The van der Waals surface area contributed by atoms with Crippen molar-refractivity contribution in [3.8, 4) is 5.75 Å². The van der Waals surface area contributed by atoms with E-state index >= 15 is 0 Å². The molecule has 18 heavy (non-hydrogen) atoms. The average molecular weight is 308 g/mol. The van der Waals surface area contributed by atoms with Gasteiger partial charge in [-0.25, -0.2) is 0 Å². The number of hydrogen-bond acceptors (Lipinski definition) is 3. The minimum Gasteiger partial charge on any atom is -0.488 e. The smallest absolute Gasteiger partial charge is 0.125 e. The first kappa shape index (κ1) is 13.1. The lowest BCUT2D eigenvalue weighted by Crippen LogP contribution is -1.99. The van der Waals surface area contributed by atoms with E-state index in [1.54, 1.807) is 12.4 Å². The molecular weight excluding hydrogens is 294 g/mol. The third-order valence-corrected chi connectivity index (χ3v) is 2.98. The summed E-state index contributed by atoms with van der Waals surface area (Å²) in [6.45, 7) is 2.40. The molecule has 2 aromatic rings. The summed E-state index contributed by atoms with van der Waals surface area (Å²) in [5, 5.41) is 9.28. The summed E-state index contributed by atoms with van der Waals surface area (Å²) in [4.78, 5) is 4.08. The van der Waals surface area contributed by atoms with Gasteiger partial charge in [-0.15, -0.1) is 0 Å². The van der Waals surface area contributed by atoms with Gasteiger partial charge in [-0.2, -0.15) is 0 Å². The molecule has 2 rings (SSSR count). The number of ether oxygens (including phenoxy) is 1. The van der Waals surface area contributed by atoms with Crippen molar-refractivity contribution in [3.63, 3.8) is 0 Å². The minimum atomic E-state index is -0.0201. The van der Waals surface area contributed by atoms with E-state index in [4.69, 9.17) is 4.74 Å². The first-order valence-electron chi connectivity index (χ1n) is 5.61. The molecule has 0 bridgehead atoms. The first-order chi connectivity index (χ1) is 8.69. The number of hydrogen-bond donors (Lipinski definition) is 1. The van der Waals surface area contributed by atoms with Crippen LogP contribution in [0.25, 0.3) is 0 Å². The number of pyridine rings is 1. The van der Waals surface area contributed by atoms with Crippen LogP contribution in [0.2, 0.25) is 0 Å². The van der Waals surface area contributed by atoms with Gasteiger partial charge in [-0.1, -0.05) is 17.7 Å². The van der Waals surface area contributed by atoms with Gasteiger partial charge in [0.1, 0.15) is 12.4 Å². The highest BCUT2D eigenvalue weighted by Crippen LogP contribution is 2.21. The van der Waals surface area contributed by atoms with Crippen molar-refractivity contribution >= 4 is 15.9 Å². The van der Waals surface area contributed by atoms with E-state index in [0.717, 1.165) is 21.2 Å². The molecule has 1 aromatic heterocycles. The van der Waals surface area contributed by atoms with E-state index in [0.29, 0.717) is 12.4 Å². The molecule has 1 N–H and O–H groups in total. The van der Waals surface area contributed by atoms with E-state index in [2.05, 4.69) is 20.9 Å². The molecule has 0 radical (unpaired) electrons. The van der Waals surface area contributed by atoms with Crippen LogP contribution >= 0.6 is 15.9 Å². The Morgan fingerprint density at radius 1 is 1.28 bits per heavy atom. The third kappa shape index (κ3) is 3.31. The van der Waals surface area contributed by atoms with Gasteiger partial charge < -0.3 is 9.84 Å². The molecule has 1 aromatic carbocycles.